The second kappa shape index (κ2) is 6.68. The number of amides is 1. The van der Waals surface area contributed by atoms with Gasteiger partial charge in [-0.15, -0.1) is 11.3 Å². The second-order valence-electron chi connectivity index (χ2n) is 4.25. The topological polar surface area (TPSA) is 42.0 Å². The summed E-state index contributed by atoms with van der Waals surface area (Å²) in [5.74, 6) is 0.0211. The molecule has 0 aliphatic carbocycles. The molecule has 1 aromatic heterocycles. The molecule has 1 heterocycles. The van der Waals surface area contributed by atoms with Crippen LogP contribution in [0.25, 0.3) is 0 Å². The van der Waals surface area contributed by atoms with Crippen molar-refractivity contribution in [1.29, 1.82) is 0 Å². The van der Waals surface area contributed by atoms with Crippen molar-refractivity contribution in [3.8, 4) is 0 Å². The molecule has 1 N–H and O–H groups in total. The van der Waals surface area contributed by atoms with Gasteiger partial charge < -0.3 is 5.32 Å². The molecule has 0 bridgehead atoms. The number of hydrogen-bond donors (Lipinski definition) is 1. The van der Waals surface area contributed by atoms with E-state index in [1.54, 1.807) is 11.3 Å². The Morgan fingerprint density at radius 2 is 2.21 bits per heavy atom. The zero-order valence-corrected chi connectivity index (χ0v) is 12.2. The number of thiazole rings is 1. The molecule has 0 aliphatic heterocycles. The SMILES string of the molecule is Cc1csc(CCC(=O)NCc2ccccc2Cl)n1. The Bertz CT molecular complexity index is 568. The van der Waals surface area contributed by atoms with Crippen molar-refractivity contribution in [3.63, 3.8) is 0 Å². The Hall–Kier alpha value is -1.39. The van der Waals surface area contributed by atoms with Crippen LogP contribution in [0.15, 0.2) is 29.6 Å². The number of aryl methyl sites for hydroxylation is 2. The third-order valence-corrected chi connectivity index (χ3v) is 4.06. The van der Waals surface area contributed by atoms with E-state index in [-0.39, 0.29) is 5.91 Å². The Morgan fingerprint density at radius 3 is 2.89 bits per heavy atom. The van der Waals surface area contributed by atoms with Crippen molar-refractivity contribution in [1.82, 2.24) is 10.3 Å². The summed E-state index contributed by atoms with van der Waals surface area (Å²) in [6, 6.07) is 7.51. The Balaban J connectivity index is 1.77. The van der Waals surface area contributed by atoms with E-state index in [2.05, 4.69) is 10.3 Å². The normalized spacial score (nSPS) is 10.4. The fraction of sp³-hybridized carbons (Fsp3) is 0.286. The quantitative estimate of drug-likeness (QED) is 0.919. The van der Waals surface area contributed by atoms with Crippen LogP contribution < -0.4 is 5.32 Å². The van der Waals surface area contributed by atoms with Crippen molar-refractivity contribution in [2.75, 3.05) is 0 Å². The van der Waals surface area contributed by atoms with E-state index in [9.17, 15) is 4.79 Å². The number of rotatable bonds is 5. The molecule has 3 nitrogen and oxygen atoms in total. The lowest BCUT2D eigenvalue weighted by Crippen LogP contribution is -2.23. The van der Waals surface area contributed by atoms with Crippen molar-refractivity contribution in [3.05, 3.63) is 50.9 Å². The largest absolute Gasteiger partial charge is 0.352 e. The molecule has 0 spiro atoms. The minimum absolute atomic E-state index is 0.0211. The lowest BCUT2D eigenvalue weighted by Gasteiger charge is -2.06. The lowest BCUT2D eigenvalue weighted by molar-refractivity contribution is -0.121. The molecule has 100 valence electrons. The van der Waals surface area contributed by atoms with E-state index < -0.39 is 0 Å². The smallest absolute Gasteiger partial charge is 0.220 e. The number of nitrogens with zero attached hydrogens (tertiary/aromatic N) is 1. The first-order valence-corrected chi connectivity index (χ1v) is 7.32. The second-order valence-corrected chi connectivity index (χ2v) is 5.60. The summed E-state index contributed by atoms with van der Waals surface area (Å²) in [6.45, 7) is 2.42. The number of hydrogen-bond acceptors (Lipinski definition) is 3. The summed E-state index contributed by atoms with van der Waals surface area (Å²) in [5.41, 5.74) is 1.94. The number of benzene rings is 1. The molecule has 0 saturated heterocycles. The van der Waals surface area contributed by atoms with E-state index in [4.69, 9.17) is 11.6 Å². The van der Waals surface area contributed by atoms with Crippen molar-refractivity contribution >= 4 is 28.8 Å². The maximum Gasteiger partial charge on any atom is 0.220 e. The molecule has 1 aromatic carbocycles. The van der Waals surface area contributed by atoms with Crippen molar-refractivity contribution in [2.24, 2.45) is 0 Å². The molecule has 5 heteroatoms. The predicted molar refractivity (Wildman–Crippen MR) is 78.5 cm³/mol. The highest BCUT2D eigenvalue weighted by Gasteiger charge is 2.06. The zero-order valence-electron chi connectivity index (χ0n) is 10.6. The van der Waals surface area contributed by atoms with Crippen LogP contribution in [0.4, 0.5) is 0 Å². The van der Waals surface area contributed by atoms with Gasteiger partial charge in [0.25, 0.3) is 0 Å². The maximum absolute atomic E-state index is 11.7. The first kappa shape index (κ1) is 14.0. The van der Waals surface area contributed by atoms with E-state index in [0.29, 0.717) is 24.4 Å². The van der Waals surface area contributed by atoms with Crippen LogP contribution in [0, 0.1) is 6.92 Å². The number of carbonyl (C=O) groups excluding carboxylic acids is 1. The van der Waals surface area contributed by atoms with Crippen LogP contribution in [0.2, 0.25) is 5.02 Å². The first-order valence-electron chi connectivity index (χ1n) is 6.06. The van der Waals surface area contributed by atoms with Crippen LogP contribution in [0.1, 0.15) is 22.7 Å². The summed E-state index contributed by atoms with van der Waals surface area (Å²) >= 11 is 7.62. The first-order chi connectivity index (χ1) is 9.15. The molecular formula is C14H15ClN2OS. The average molecular weight is 295 g/mol. The summed E-state index contributed by atoms with van der Waals surface area (Å²) in [7, 11) is 0. The molecule has 0 fully saturated rings. The third kappa shape index (κ3) is 4.33. The summed E-state index contributed by atoms with van der Waals surface area (Å²) in [5, 5.41) is 6.55. The zero-order chi connectivity index (χ0) is 13.7. The molecule has 0 radical (unpaired) electrons. The van der Waals surface area contributed by atoms with Crippen LogP contribution in [-0.4, -0.2) is 10.9 Å². The fourth-order valence-corrected chi connectivity index (χ4v) is 2.64. The number of carbonyl (C=O) groups is 1. The van der Waals surface area contributed by atoms with Gasteiger partial charge in [-0.05, 0) is 18.6 Å². The van der Waals surface area contributed by atoms with E-state index in [0.717, 1.165) is 16.3 Å². The van der Waals surface area contributed by atoms with Crippen molar-refractivity contribution < 1.29 is 4.79 Å². The number of halogens is 1. The van der Waals surface area contributed by atoms with Gasteiger partial charge in [0.15, 0.2) is 0 Å². The van der Waals surface area contributed by atoms with Gasteiger partial charge in [0, 0.05) is 35.5 Å². The highest BCUT2D eigenvalue weighted by Crippen LogP contribution is 2.14. The third-order valence-electron chi connectivity index (χ3n) is 2.67. The average Bonchev–Trinajstić information content (AvgIpc) is 2.81. The molecule has 2 aromatic rings. The molecule has 1 amide bonds. The molecule has 0 unspecified atom stereocenters. The van der Waals surface area contributed by atoms with Gasteiger partial charge in [0.1, 0.15) is 0 Å². The van der Waals surface area contributed by atoms with Gasteiger partial charge in [-0.2, -0.15) is 0 Å². The standard InChI is InChI=1S/C14H15ClN2OS/c1-10-9-19-14(17-10)7-6-13(18)16-8-11-4-2-3-5-12(11)15/h2-5,9H,6-8H2,1H3,(H,16,18). The summed E-state index contributed by atoms with van der Waals surface area (Å²) < 4.78 is 0. The van der Waals surface area contributed by atoms with Crippen LogP contribution in [-0.2, 0) is 17.8 Å². The molecule has 0 atom stereocenters. The van der Waals surface area contributed by atoms with Gasteiger partial charge in [-0.3, -0.25) is 4.79 Å². The molecular weight excluding hydrogens is 280 g/mol. The summed E-state index contributed by atoms with van der Waals surface area (Å²) in [6.07, 6.45) is 1.14. The minimum atomic E-state index is 0.0211. The van der Waals surface area contributed by atoms with Crippen molar-refractivity contribution in [2.45, 2.75) is 26.3 Å². The molecule has 0 saturated carbocycles. The molecule has 2 rings (SSSR count). The maximum atomic E-state index is 11.7. The molecule has 19 heavy (non-hydrogen) atoms. The monoisotopic (exact) mass is 294 g/mol. The highest BCUT2D eigenvalue weighted by molar-refractivity contribution is 7.09. The Morgan fingerprint density at radius 1 is 1.42 bits per heavy atom. The van der Waals surface area contributed by atoms with Crippen LogP contribution in [0.3, 0.4) is 0 Å². The predicted octanol–water partition coefficient (Wildman–Crippen LogP) is 3.35. The minimum Gasteiger partial charge on any atom is -0.352 e. The van der Waals surface area contributed by atoms with Gasteiger partial charge in [0.2, 0.25) is 5.91 Å². The van der Waals surface area contributed by atoms with Crippen LogP contribution >= 0.6 is 22.9 Å². The highest BCUT2D eigenvalue weighted by atomic mass is 35.5. The Labute approximate surface area is 121 Å². The van der Waals surface area contributed by atoms with Gasteiger partial charge >= 0.3 is 0 Å². The fourth-order valence-electron chi connectivity index (χ4n) is 1.66. The van der Waals surface area contributed by atoms with E-state index in [1.165, 1.54) is 0 Å². The van der Waals surface area contributed by atoms with Gasteiger partial charge in [-0.25, -0.2) is 4.98 Å². The molecule has 0 aliphatic rings. The van der Waals surface area contributed by atoms with Gasteiger partial charge in [-0.1, -0.05) is 29.8 Å². The lowest BCUT2D eigenvalue weighted by atomic mass is 10.2. The van der Waals surface area contributed by atoms with E-state index in [1.807, 2.05) is 36.6 Å². The number of aromatic nitrogens is 1. The summed E-state index contributed by atoms with van der Waals surface area (Å²) in [4.78, 5) is 16.1. The van der Waals surface area contributed by atoms with Gasteiger partial charge in [0.05, 0.1) is 5.01 Å². The van der Waals surface area contributed by atoms with E-state index >= 15 is 0 Å². The number of nitrogens with one attached hydrogen (secondary N) is 1. The van der Waals surface area contributed by atoms with Crippen LogP contribution in [0.5, 0.6) is 0 Å². The Kier molecular flexibility index (Phi) is 4.93.